The number of aliphatic hydroxyl groups is 1. The highest BCUT2D eigenvalue weighted by atomic mass is 16.6. The third-order valence-electron chi connectivity index (χ3n) is 12.1. The lowest BCUT2D eigenvalue weighted by Gasteiger charge is -2.70. The molecule has 1 spiro atoms. The van der Waals surface area contributed by atoms with Crippen molar-refractivity contribution in [2.75, 3.05) is 0 Å². The van der Waals surface area contributed by atoms with Crippen LogP contribution in [0.4, 0.5) is 0 Å². The summed E-state index contributed by atoms with van der Waals surface area (Å²) in [5, 5.41) is 11.3. The minimum Gasteiger partial charge on any atom is -0.472 e. The van der Waals surface area contributed by atoms with Gasteiger partial charge >= 0.3 is 11.9 Å². The predicted molar refractivity (Wildman–Crippen MR) is 135 cm³/mol. The first-order valence-corrected chi connectivity index (χ1v) is 13.9. The molecule has 1 saturated heterocycles. The maximum absolute atomic E-state index is 13.9. The van der Waals surface area contributed by atoms with Crippen LogP contribution >= 0.6 is 0 Å². The highest BCUT2D eigenvalue weighted by Gasteiger charge is 2.90. The fraction of sp³-hybridized carbons (Fsp3) is 0.767. The van der Waals surface area contributed by atoms with Crippen LogP contribution in [-0.4, -0.2) is 52.8 Å². The molecule has 8 heteroatoms. The van der Waals surface area contributed by atoms with Gasteiger partial charge in [-0.05, 0) is 42.6 Å². The van der Waals surface area contributed by atoms with E-state index < -0.39 is 51.7 Å². The molecule has 11 atom stereocenters. The van der Waals surface area contributed by atoms with Gasteiger partial charge in [0.2, 0.25) is 0 Å². The highest BCUT2D eigenvalue weighted by Crippen LogP contribution is 2.82. The summed E-state index contributed by atoms with van der Waals surface area (Å²) >= 11 is 0. The molecular weight excluding hydrogens is 488 g/mol. The third-order valence-corrected chi connectivity index (χ3v) is 12.1. The second-order valence-corrected chi connectivity index (χ2v) is 13.8. The van der Waals surface area contributed by atoms with E-state index >= 15 is 0 Å². The lowest BCUT2D eigenvalue weighted by atomic mass is 9.35. The van der Waals surface area contributed by atoms with Gasteiger partial charge < -0.3 is 23.7 Å². The molecule has 2 heterocycles. The van der Waals surface area contributed by atoms with Crippen LogP contribution in [0.5, 0.6) is 0 Å². The topological polar surface area (TPSA) is 116 Å². The lowest BCUT2D eigenvalue weighted by Crippen LogP contribution is -2.74. The summed E-state index contributed by atoms with van der Waals surface area (Å²) in [6.07, 6.45) is 3.28. The maximum Gasteiger partial charge on any atom is 0.302 e. The summed E-state index contributed by atoms with van der Waals surface area (Å²) in [4.78, 5) is 38.8. The molecule has 0 bridgehead atoms. The summed E-state index contributed by atoms with van der Waals surface area (Å²) < 4.78 is 24.1. The Bertz CT molecular complexity index is 1190. The second kappa shape index (κ2) is 7.72. The number of ketones is 1. The van der Waals surface area contributed by atoms with Gasteiger partial charge in [0.1, 0.15) is 23.9 Å². The normalized spacial score (nSPS) is 50.2. The largest absolute Gasteiger partial charge is 0.472 e. The molecule has 4 aliphatic carbocycles. The molecule has 8 nitrogen and oxygen atoms in total. The molecule has 0 unspecified atom stereocenters. The van der Waals surface area contributed by atoms with E-state index in [2.05, 4.69) is 34.6 Å². The molecule has 0 radical (unpaired) electrons. The number of carbonyl (C=O) groups is 3. The Kier molecular flexibility index (Phi) is 5.29. The Labute approximate surface area is 223 Å². The Morgan fingerprint density at radius 2 is 1.66 bits per heavy atom. The third kappa shape index (κ3) is 2.81. The van der Waals surface area contributed by atoms with Gasteiger partial charge in [-0.2, -0.15) is 0 Å². The van der Waals surface area contributed by atoms with Crippen molar-refractivity contribution in [1.82, 2.24) is 0 Å². The van der Waals surface area contributed by atoms with Gasteiger partial charge in [0.05, 0.1) is 24.5 Å². The van der Waals surface area contributed by atoms with Crippen LogP contribution in [0.25, 0.3) is 0 Å². The van der Waals surface area contributed by atoms with E-state index in [9.17, 15) is 19.5 Å². The zero-order chi connectivity index (χ0) is 27.6. The standard InChI is InChI=1S/C30H40O8/c1-15(31)36-21-13-20(33)26(3,4)19-12-22(37-16(2)32)29(7)18(28(19,21)6)8-10-27(5)23(17-9-11-35-14-17)24(34)25-30(27,29)38-25/h9,11,14,18-23,25,33H,8,10,12-13H2,1-7H3/t18-,19-,20-,21-,22+,23+,25-,27+,28+,29+,30+/m0/s1. The van der Waals surface area contributed by atoms with E-state index in [1.807, 2.05) is 6.07 Å². The van der Waals surface area contributed by atoms with Crippen molar-refractivity contribution in [2.24, 2.45) is 33.5 Å². The van der Waals surface area contributed by atoms with Gasteiger partial charge in [0.15, 0.2) is 5.78 Å². The fourth-order valence-corrected chi connectivity index (χ4v) is 10.5. The monoisotopic (exact) mass is 528 g/mol. The molecule has 1 aromatic heterocycles. The van der Waals surface area contributed by atoms with E-state index in [1.54, 1.807) is 12.5 Å². The number of aliphatic hydroxyl groups excluding tert-OH is 1. The van der Waals surface area contributed by atoms with Gasteiger partial charge in [-0.1, -0.05) is 34.6 Å². The Balaban J connectivity index is 1.54. The van der Waals surface area contributed by atoms with Crippen LogP contribution < -0.4 is 0 Å². The smallest absolute Gasteiger partial charge is 0.302 e. The molecule has 5 aliphatic rings. The van der Waals surface area contributed by atoms with Gasteiger partial charge in [-0.15, -0.1) is 0 Å². The lowest BCUT2D eigenvalue weighted by molar-refractivity contribution is -0.288. The zero-order valence-electron chi connectivity index (χ0n) is 23.4. The first-order valence-electron chi connectivity index (χ1n) is 13.9. The van der Waals surface area contributed by atoms with Gasteiger partial charge in [0, 0.05) is 42.1 Å². The first-order chi connectivity index (χ1) is 17.7. The van der Waals surface area contributed by atoms with E-state index in [1.165, 1.54) is 13.8 Å². The Morgan fingerprint density at radius 1 is 1.00 bits per heavy atom. The van der Waals surface area contributed by atoms with E-state index in [0.29, 0.717) is 12.8 Å². The van der Waals surface area contributed by atoms with Crippen molar-refractivity contribution in [2.45, 2.75) is 110 Å². The van der Waals surface area contributed by atoms with Crippen LogP contribution in [-0.2, 0) is 28.6 Å². The van der Waals surface area contributed by atoms with Crippen molar-refractivity contribution in [3.63, 3.8) is 0 Å². The molecule has 4 saturated carbocycles. The van der Waals surface area contributed by atoms with E-state index in [4.69, 9.17) is 18.6 Å². The number of esters is 2. The number of furan rings is 1. The highest BCUT2D eigenvalue weighted by molar-refractivity contribution is 5.98. The number of ether oxygens (including phenoxy) is 3. The van der Waals surface area contributed by atoms with Crippen molar-refractivity contribution in [3.8, 4) is 0 Å². The zero-order valence-corrected chi connectivity index (χ0v) is 23.4. The van der Waals surface area contributed by atoms with E-state index in [-0.39, 0.29) is 35.5 Å². The quantitative estimate of drug-likeness (QED) is 0.459. The summed E-state index contributed by atoms with van der Waals surface area (Å²) in [6, 6.07) is 1.87. The number of Topliss-reactive ketones (excluding diaryl/α,β-unsaturated/α-hetero) is 1. The van der Waals surface area contributed by atoms with Crippen LogP contribution in [0, 0.1) is 33.5 Å². The van der Waals surface area contributed by atoms with E-state index in [0.717, 1.165) is 18.4 Å². The first kappa shape index (κ1) is 26.1. The van der Waals surface area contributed by atoms with Crippen LogP contribution in [0.15, 0.2) is 23.0 Å². The van der Waals surface area contributed by atoms with Gasteiger partial charge in [-0.3, -0.25) is 14.4 Å². The molecule has 38 heavy (non-hydrogen) atoms. The van der Waals surface area contributed by atoms with Crippen LogP contribution in [0.3, 0.4) is 0 Å². The summed E-state index contributed by atoms with van der Waals surface area (Å²) in [7, 11) is 0. The molecule has 6 rings (SSSR count). The molecule has 1 aromatic rings. The molecule has 0 amide bonds. The van der Waals surface area contributed by atoms with Crippen molar-refractivity contribution in [1.29, 1.82) is 0 Å². The van der Waals surface area contributed by atoms with Crippen molar-refractivity contribution < 1.29 is 38.1 Å². The van der Waals surface area contributed by atoms with Crippen LogP contribution in [0.1, 0.15) is 85.6 Å². The molecule has 1 aliphatic heterocycles. The van der Waals surface area contributed by atoms with Gasteiger partial charge in [0.25, 0.3) is 0 Å². The molecular formula is C30H40O8. The maximum atomic E-state index is 13.9. The minimum atomic E-state index is -0.822. The number of hydrogen-bond donors (Lipinski definition) is 1. The van der Waals surface area contributed by atoms with Crippen molar-refractivity contribution in [3.05, 3.63) is 24.2 Å². The Morgan fingerprint density at radius 3 is 2.26 bits per heavy atom. The number of rotatable bonds is 3. The number of fused-ring (bicyclic) bond motifs is 3. The molecule has 5 fully saturated rings. The summed E-state index contributed by atoms with van der Waals surface area (Å²) in [6.45, 7) is 13.4. The number of carbonyl (C=O) groups excluding carboxylic acids is 3. The Hall–Kier alpha value is -2.19. The molecule has 1 N–H and O–H groups in total. The van der Waals surface area contributed by atoms with Gasteiger partial charge in [-0.25, -0.2) is 0 Å². The number of epoxide rings is 1. The SMILES string of the molecule is CC(=O)O[C@H]1C[C@H](O)C(C)(C)[C@@H]2C[C@@H](OC(C)=O)[C@@]3(C)[C@@H](CC[C@]4(C)[C@H](c5ccoc5)C(=O)[C@@H]5O[C@@]534)[C@@]12C. The average Bonchev–Trinajstić information content (AvgIpc) is 3.30. The number of hydrogen-bond acceptors (Lipinski definition) is 8. The second-order valence-electron chi connectivity index (χ2n) is 13.8. The van der Waals surface area contributed by atoms with Crippen LogP contribution in [0.2, 0.25) is 0 Å². The average molecular weight is 529 g/mol. The minimum absolute atomic E-state index is 0.0561. The molecule has 0 aromatic carbocycles. The predicted octanol–water partition coefficient (Wildman–Crippen LogP) is 4.19. The summed E-state index contributed by atoms with van der Waals surface area (Å²) in [5.74, 6) is -1.23. The van der Waals surface area contributed by atoms with Crippen molar-refractivity contribution >= 4 is 17.7 Å². The fourth-order valence-electron chi connectivity index (χ4n) is 10.5. The molecule has 208 valence electrons. The summed E-state index contributed by atoms with van der Waals surface area (Å²) in [5.41, 5.74) is -2.23.